The highest BCUT2D eigenvalue weighted by Gasteiger charge is 2.27. The molecule has 0 spiro atoms. The van der Waals surface area contributed by atoms with Crippen LogP contribution in [0, 0.1) is 0 Å². The van der Waals surface area contributed by atoms with Crippen LogP contribution < -0.4 is 15.4 Å². The highest BCUT2D eigenvalue weighted by atomic mass is 32.2. The average Bonchev–Trinajstić information content (AvgIpc) is 2.87. The summed E-state index contributed by atoms with van der Waals surface area (Å²) in [6.07, 6.45) is 0.703. The second kappa shape index (κ2) is 12.0. The third-order valence-corrected chi connectivity index (χ3v) is 7.69. The standard InChI is InChI=1S/C24H32N4O5S/c1-3-27-15-17-28(18-16-27)34(31,32)22-12-8-20(9-13-22)26-23(29)5-4-14-25-24(30)19-6-10-21(33-2)11-7-19/h6-13H,3-5,14-18H2,1-2H3,(H,25,30)(H,26,29). The molecular formula is C24H32N4O5S. The number of rotatable bonds is 10. The van der Waals surface area contributed by atoms with Crippen LogP contribution in [0.15, 0.2) is 53.4 Å². The fourth-order valence-corrected chi connectivity index (χ4v) is 5.09. The Bertz CT molecular complexity index is 1060. The first kappa shape index (κ1) is 25.7. The number of likely N-dealkylation sites (N-methyl/N-ethyl adjacent to an activating group) is 1. The molecule has 0 atom stereocenters. The number of amides is 2. The van der Waals surface area contributed by atoms with Crippen molar-refractivity contribution in [3.8, 4) is 5.75 Å². The highest BCUT2D eigenvalue weighted by molar-refractivity contribution is 7.89. The zero-order chi connectivity index (χ0) is 24.6. The first-order valence-corrected chi connectivity index (χ1v) is 12.8. The van der Waals surface area contributed by atoms with Crippen LogP contribution in [0.1, 0.15) is 30.1 Å². The molecule has 1 aliphatic rings. The number of benzene rings is 2. The fourth-order valence-electron chi connectivity index (χ4n) is 3.66. The van der Waals surface area contributed by atoms with E-state index in [0.29, 0.717) is 43.1 Å². The summed E-state index contributed by atoms with van der Waals surface area (Å²) in [6.45, 7) is 5.75. The maximum atomic E-state index is 12.9. The topological polar surface area (TPSA) is 108 Å². The number of carbonyl (C=O) groups excluding carboxylic acids is 2. The van der Waals surface area contributed by atoms with E-state index in [1.54, 1.807) is 43.5 Å². The first-order chi connectivity index (χ1) is 16.3. The zero-order valence-electron chi connectivity index (χ0n) is 19.6. The van der Waals surface area contributed by atoms with Gasteiger partial charge in [0.05, 0.1) is 12.0 Å². The molecule has 0 bridgehead atoms. The molecule has 3 rings (SSSR count). The van der Waals surface area contributed by atoms with Gasteiger partial charge in [0.1, 0.15) is 5.75 Å². The highest BCUT2D eigenvalue weighted by Crippen LogP contribution is 2.20. The Hall–Kier alpha value is -2.95. The lowest BCUT2D eigenvalue weighted by Crippen LogP contribution is -2.48. The van der Waals surface area contributed by atoms with Crippen LogP contribution in [-0.4, -0.2) is 75.8 Å². The molecular weight excluding hydrogens is 456 g/mol. The van der Waals surface area contributed by atoms with Crippen molar-refractivity contribution in [3.63, 3.8) is 0 Å². The van der Waals surface area contributed by atoms with Crippen molar-refractivity contribution >= 4 is 27.5 Å². The summed E-state index contributed by atoms with van der Waals surface area (Å²) >= 11 is 0. The lowest BCUT2D eigenvalue weighted by Gasteiger charge is -2.33. The number of hydrogen-bond acceptors (Lipinski definition) is 6. The smallest absolute Gasteiger partial charge is 0.251 e. The van der Waals surface area contributed by atoms with Gasteiger partial charge in [0.25, 0.3) is 5.91 Å². The molecule has 0 aromatic heterocycles. The summed E-state index contributed by atoms with van der Waals surface area (Å²) in [7, 11) is -1.98. The van der Waals surface area contributed by atoms with Gasteiger partial charge in [-0.1, -0.05) is 6.92 Å². The molecule has 0 aliphatic carbocycles. The fraction of sp³-hybridized carbons (Fsp3) is 0.417. The molecule has 0 radical (unpaired) electrons. The van der Waals surface area contributed by atoms with Gasteiger partial charge in [-0.3, -0.25) is 9.59 Å². The van der Waals surface area contributed by atoms with E-state index in [1.807, 2.05) is 0 Å². The van der Waals surface area contributed by atoms with Crippen LogP contribution in [0.4, 0.5) is 5.69 Å². The van der Waals surface area contributed by atoms with Gasteiger partial charge in [-0.15, -0.1) is 0 Å². The summed E-state index contributed by atoms with van der Waals surface area (Å²) in [5.41, 5.74) is 1.05. The molecule has 2 amide bonds. The molecule has 0 saturated carbocycles. The predicted molar refractivity (Wildman–Crippen MR) is 131 cm³/mol. The van der Waals surface area contributed by atoms with Gasteiger partial charge < -0.3 is 20.3 Å². The molecule has 2 N–H and O–H groups in total. The van der Waals surface area contributed by atoms with E-state index in [9.17, 15) is 18.0 Å². The molecule has 184 valence electrons. The van der Waals surface area contributed by atoms with E-state index < -0.39 is 10.0 Å². The zero-order valence-corrected chi connectivity index (χ0v) is 20.4. The van der Waals surface area contributed by atoms with E-state index >= 15 is 0 Å². The van der Waals surface area contributed by atoms with Crippen LogP contribution in [0.3, 0.4) is 0 Å². The second-order valence-corrected chi connectivity index (χ2v) is 9.94. The van der Waals surface area contributed by atoms with Gasteiger partial charge in [0.15, 0.2) is 0 Å². The van der Waals surface area contributed by atoms with Crippen molar-refractivity contribution in [3.05, 3.63) is 54.1 Å². The molecule has 10 heteroatoms. The van der Waals surface area contributed by atoms with Crippen LogP contribution in [0.25, 0.3) is 0 Å². The van der Waals surface area contributed by atoms with Crippen molar-refractivity contribution in [1.82, 2.24) is 14.5 Å². The lowest BCUT2D eigenvalue weighted by atomic mass is 10.2. The van der Waals surface area contributed by atoms with Crippen molar-refractivity contribution in [2.75, 3.05) is 51.7 Å². The van der Waals surface area contributed by atoms with Crippen molar-refractivity contribution < 1.29 is 22.7 Å². The number of sulfonamides is 1. The summed E-state index contributed by atoms with van der Waals surface area (Å²) in [5, 5.41) is 5.55. The van der Waals surface area contributed by atoms with Gasteiger partial charge in [-0.05, 0) is 61.5 Å². The minimum absolute atomic E-state index is 0.204. The molecule has 9 nitrogen and oxygen atoms in total. The number of methoxy groups -OCH3 is 1. The molecule has 2 aromatic carbocycles. The predicted octanol–water partition coefficient (Wildman–Crippen LogP) is 2.17. The molecule has 2 aromatic rings. The third kappa shape index (κ3) is 6.78. The number of piperazine rings is 1. The Morgan fingerprint density at radius 3 is 2.21 bits per heavy atom. The Balaban J connectivity index is 1.42. The van der Waals surface area contributed by atoms with E-state index in [4.69, 9.17) is 4.74 Å². The quantitative estimate of drug-likeness (QED) is 0.497. The average molecular weight is 489 g/mol. The minimum atomic E-state index is -3.54. The Morgan fingerprint density at radius 1 is 0.971 bits per heavy atom. The maximum absolute atomic E-state index is 12.9. The van der Waals surface area contributed by atoms with Gasteiger partial charge in [-0.25, -0.2) is 8.42 Å². The van der Waals surface area contributed by atoms with Gasteiger partial charge in [0.2, 0.25) is 15.9 Å². The molecule has 1 fully saturated rings. The van der Waals surface area contributed by atoms with Crippen molar-refractivity contribution in [1.29, 1.82) is 0 Å². The van der Waals surface area contributed by atoms with Crippen LogP contribution in [0.5, 0.6) is 5.75 Å². The number of hydrogen-bond donors (Lipinski definition) is 2. The third-order valence-electron chi connectivity index (χ3n) is 5.77. The lowest BCUT2D eigenvalue weighted by molar-refractivity contribution is -0.116. The SMILES string of the molecule is CCN1CCN(S(=O)(=O)c2ccc(NC(=O)CCCNC(=O)c3ccc(OC)cc3)cc2)CC1. The second-order valence-electron chi connectivity index (χ2n) is 8.00. The van der Waals surface area contributed by atoms with Crippen molar-refractivity contribution in [2.24, 2.45) is 0 Å². The molecule has 1 aliphatic heterocycles. The summed E-state index contributed by atoms with van der Waals surface area (Å²) in [6, 6.07) is 13.0. The number of ether oxygens (including phenoxy) is 1. The van der Waals surface area contributed by atoms with Gasteiger partial charge >= 0.3 is 0 Å². The van der Waals surface area contributed by atoms with Crippen LogP contribution in [-0.2, 0) is 14.8 Å². The summed E-state index contributed by atoms with van der Waals surface area (Å²) in [4.78, 5) is 26.8. The van der Waals surface area contributed by atoms with Crippen molar-refractivity contribution in [2.45, 2.75) is 24.7 Å². The van der Waals surface area contributed by atoms with Crippen LogP contribution >= 0.6 is 0 Å². The van der Waals surface area contributed by atoms with E-state index in [-0.39, 0.29) is 23.1 Å². The first-order valence-electron chi connectivity index (χ1n) is 11.4. The minimum Gasteiger partial charge on any atom is -0.497 e. The van der Waals surface area contributed by atoms with E-state index in [0.717, 1.165) is 19.6 Å². The normalized spacial score (nSPS) is 15.0. The van der Waals surface area contributed by atoms with Gasteiger partial charge in [-0.2, -0.15) is 4.31 Å². The number of nitrogens with one attached hydrogen (secondary N) is 2. The Kier molecular flexibility index (Phi) is 9.03. The summed E-state index contributed by atoms with van der Waals surface area (Å²) < 4.78 is 32.3. The number of anilines is 1. The van der Waals surface area contributed by atoms with Crippen LogP contribution in [0.2, 0.25) is 0 Å². The summed E-state index contributed by atoms with van der Waals surface area (Å²) in [5.74, 6) is 0.259. The maximum Gasteiger partial charge on any atom is 0.251 e. The number of nitrogens with zero attached hydrogens (tertiary/aromatic N) is 2. The monoisotopic (exact) mass is 488 g/mol. The molecule has 1 saturated heterocycles. The number of carbonyl (C=O) groups is 2. The molecule has 1 heterocycles. The van der Waals surface area contributed by atoms with Gasteiger partial charge in [0, 0.05) is 50.4 Å². The molecule has 34 heavy (non-hydrogen) atoms. The Labute approximate surface area is 201 Å². The van der Waals surface area contributed by atoms with E-state index in [1.165, 1.54) is 16.4 Å². The molecule has 0 unspecified atom stereocenters. The Morgan fingerprint density at radius 2 is 1.62 bits per heavy atom. The largest absolute Gasteiger partial charge is 0.497 e. The van der Waals surface area contributed by atoms with E-state index in [2.05, 4.69) is 22.5 Å².